The number of hydrogen-bond acceptors (Lipinski definition) is 7. The lowest BCUT2D eigenvalue weighted by Crippen LogP contribution is -2.49. The standard InChI is InChI=1S/C22H26O9/c1-3-29-21-7-5-11(9-21)13(17(23)24)15(21)19(27)31-20(28)16-14(18(25)26)12-6-8-22(16,10-12)30-4-2/h5-8,11-16H,3-4,9-10H2,1-2H3,(H,23,24)(H,25,26). The van der Waals surface area contributed by atoms with Crippen LogP contribution in [-0.2, 0) is 33.4 Å². The maximum atomic E-state index is 13.1. The van der Waals surface area contributed by atoms with Gasteiger partial charge in [-0.05, 0) is 38.5 Å². The average molecular weight is 434 g/mol. The molecule has 9 heteroatoms. The highest BCUT2D eigenvalue weighted by Crippen LogP contribution is 2.55. The van der Waals surface area contributed by atoms with Gasteiger partial charge in [-0.1, -0.05) is 24.3 Å². The van der Waals surface area contributed by atoms with Crippen LogP contribution in [0, 0.1) is 35.5 Å². The van der Waals surface area contributed by atoms with Gasteiger partial charge < -0.3 is 24.4 Å². The number of carbonyl (C=O) groups is 4. The quantitative estimate of drug-likeness (QED) is 0.330. The Morgan fingerprint density at radius 2 is 1.19 bits per heavy atom. The molecule has 4 bridgehead atoms. The molecular formula is C22H26O9. The van der Waals surface area contributed by atoms with Crippen molar-refractivity contribution in [3.05, 3.63) is 24.3 Å². The van der Waals surface area contributed by atoms with Gasteiger partial charge in [0.25, 0.3) is 0 Å². The summed E-state index contributed by atoms with van der Waals surface area (Å²) in [5.74, 6) is -9.66. The minimum Gasteiger partial charge on any atom is -0.481 e. The molecular weight excluding hydrogens is 408 g/mol. The van der Waals surface area contributed by atoms with E-state index in [1.807, 2.05) is 0 Å². The number of allylic oxidation sites excluding steroid dienone is 2. The summed E-state index contributed by atoms with van der Waals surface area (Å²) in [4.78, 5) is 50.0. The van der Waals surface area contributed by atoms with Crippen molar-refractivity contribution in [2.75, 3.05) is 13.2 Å². The van der Waals surface area contributed by atoms with E-state index in [0.717, 1.165) is 0 Å². The zero-order valence-electron chi connectivity index (χ0n) is 17.4. The molecule has 4 aliphatic carbocycles. The van der Waals surface area contributed by atoms with Crippen LogP contribution >= 0.6 is 0 Å². The number of hydrogen-bond donors (Lipinski definition) is 2. The number of carboxylic acid groups (broad SMARTS) is 2. The first kappa shape index (κ1) is 21.7. The summed E-state index contributed by atoms with van der Waals surface area (Å²) >= 11 is 0. The zero-order chi connectivity index (χ0) is 22.6. The van der Waals surface area contributed by atoms with Gasteiger partial charge in [-0.3, -0.25) is 19.2 Å². The van der Waals surface area contributed by atoms with Crippen LogP contribution in [0.5, 0.6) is 0 Å². The molecule has 2 N–H and O–H groups in total. The zero-order valence-corrected chi connectivity index (χ0v) is 17.4. The van der Waals surface area contributed by atoms with Gasteiger partial charge in [-0.2, -0.15) is 0 Å². The van der Waals surface area contributed by atoms with Crippen LogP contribution in [0.4, 0.5) is 0 Å². The minimum absolute atomic E-state index is 0.255. The van der Waals surface area contributed by atoms with Crippen molar-refractivity contribution in [2.24, 2.45) is 35.5 Å². The Labute approximate surface area is 179 Å². The highest BCUT2D eigenvalue weighted by atomic mass is 16.6. The molecule has 8 atom stereocenters. The second kappa shape index (κ2) is 7.56. The second-order valence-corrected chi connectivity index (χ2v) is 8.65. The molecule has 0 amide bonds. The van der Waals surface area contributed by atoms with Crippen molar-refractivity contribution < 1.29 is 43.6 Å². The fourth-order valence-corrected chi connectivity index (χ4v) is 6.14. The van der Waals surface area contributed by atoms with Crippen molar-refractivity contribution in [1.82, 2.24) is 0 Å². The van der Waals surface area contributed by atoms with E-state index in [9.17, 15) is 29.4 Å². The smallest absolute Gasteiger partial charge is 0.320 e. The summed E-state index contributed by atoms with van der Waals surface area (Å²) in [5.41, 5.74) is -2.28. The van der Waals surface area contributed by atoms with E-state index in [-0.39, 0.29) is 13.2 Å². The van der Waals surface area contributed by atoms with Crippen LogP contribution in [0.1, 0.15) is 26.7 Å². The van der Waals surface area contributed by atoms with Gasteiger partial charge in [0.1, 0.15) is 23.0 Å². The molecule has 0 saturated heterocycles. The number of carboxylic acids is 2. The van der Waals surface area contributed by atoms with Crippen molar-refractivity contribution in [3.63, 3.8) is 0 Å². The van der Waals surface area contributed by atoms with E-state index in [2.05, 4.69) is 0 Å². The number of fused-ring (bicyclic) bond motifs is 4. The number of esters is 2. The summed E-state index contributed by atoms with van der Waals surface area (Å²) in [6.07, 6.45) is 7.45. The van der Waals surface area contributed by atoms with Crippen molar-refractivity contribution in [3.8, 4) is 0 Å². The molecule has 8 unspecified atom stereocenters. The molecule has 4 rings (SSSR count). The summed E-state index contributed by atoms with van der Waals surface area (Å²) < 4.78 is 16.7. The molecule has 0 radical (unpaired) electrons. The Hall–Kier alpha value is -2.52. The van der Waals surface area contributed by atoms with Gasteiger partial charge in [0.15, 0.2) is 0 Å². The van der Waals surface area contributed by atoms with Gasteiger partial charge in [-0.15, -0.1) is 0 Å². The van der Waals surface area contributed by atoms with Crippen LogP contribution in [0.25, 0.3) is 0 Å². The third kappa shape index (κ3) is 3.13. The molecule has 2 saturated carbocycles. The molecule has 0 spiro atoms. The van der Waals surface area contributed by atoms with E-state index in [4.69, 9.17) is 14.2 Å². The SMILES string of the molecule is CCOC12C=CC(C1)C(C(=O)O)C2C(=O)OC(=O)C1C(C(=O)O)C2C=CC1(OCC)C2. The largest absolute Gasteiger partial charge is 0.481 e. The molecule has 168 valence electrons. The van der Waals surface area contributed by atoms with Gasteiger partial charge in [0, 0.05) is 13.2 Å². The molecule has 31 heavy (non-hydrogen) atoms. The Kier molecular flexibility index (Phi) is 5.29. The first-order chi connectivity index (χ1) is 14.7. The number of rotatable bonds is 8. The molecule has 0 heterocycles. The number of carbonyl (C=O) groups excluding carboxylic acids is 2. The lowest BCUT2D eigenvalue weighted by Gasteiger charge is -2.35. The molecule has 4 aliphatic rings. The van der Waals surface area contributed by atoms with Crippen molar-refractivity contribution in [2.45, 2.75) is 37.9 Å². The van der Waals surface area contributed by atoms with Crippen LogP contribution < -0.4 is 0 Å². The van der Waals surface area contributed by atoms with Gasteiger partial charge in [0.2, 0.25) is 0 Å². The predicted molar refractivity (Wildman–Crippen MR) is 104 cm³/mol. The molecule has 0 aromatic carbocycles. The van der Waals surface area contributed by atoms with E-state index in [1.54, 1.807) is 38.2 Å². The second-order valence-electron chi connectivity index (χ2n) is 8.65. The topological polar surface area (TPSA) is 136 Å². The van der Waals surface area contributed by atoms with Crippen LogP contribution in [-0.4, -0.2) is 58.5 Å². The van der Waals surface area contributed by atoms with Crippen molar-refractivity contribution in [1.29, 1.82) is 0 Å². The van der Waals surface area contributed by atoms with Crippen molar-refractivity contribution >= 4 is 23.9 Å². The molecule has 9 nitrogen and oxygen atoms in total. The van der Waals surface area contributed by atoms with Gasteiger partial charge in [0.05, 0.1) is 11.8 Å². The average Bonchev–Trinajstić information content (AvgIpc) is 3.43. The lowest BCUT2D eigenvalue weighted by molar-refractivity contribution is -0.181. The molecule has 0 aromatic heterocycles. The lowest BCUT2D eigenvalue weighted by atomic mass is 9.79. The Morgan fingerprint density at radius 1 is 0.806 bits per heavy atom. The third-order valence-corrected chi connectivity index (χ3v) is 7.16. The van der Waals surface area contributed by atoms with Crippen LogP contribution in [0.15, 0.2) is 24.3 Å². The highest BCUT2D eigenvalue weighted by molar-refractivity contribution is 5.95. The first-order valence-corrected chi connectivity index (χ1v) is 10.6. The van der Waals surface area contributed by atoms with Crippen LogP contribution in [0.3, 0.4) is 0 Å². The fourth-order valence-electron chi connectivity index (χ4n) is 6.14. The van der Waals surface area contributed by atoms with E-state index in [1.165, 1.54) is 0 Å². The fraction of sp³-hybridized carbons (Fsp3) is 0.636. The predicted octanol–water partition coefficient (Wildman–Crippen LogP) is 1.42. The maximum absolute atomic E-state index is 13.1. The van der Waals surface area contributed by atoms with E-state index < -0.39 is 70.6 Å². The molecule has 0 aliphatic heterocycles. The normalized spacial score (nSPS) is 41.6. The Bertz CT molecular complexity index is 806. The summed E-state index contributed by atoms with van der Waals surface area (Å²) in [6.45, 7) is 3.99. The van der Waals surface area contributed by atoms with E-state index >= 15 is 0 Å². The monoisotopic (exact) mass is 434 g/mol. The van der Waals surface area contributed by atoms with E-state index in [0.29, 0.717) is 12.8 Å². The first-order valence-electron chi connectivity index (χ1n) is 10.6. The Balaban J connectivity index is 1.61. The number of aliphatic carboxylic acids is 2. The Morgan fingerprint density at radius 3 is 1.52 bits per heavy atom. The van der Waals surface area contributed by atoms with Crippen LogP contribution in [0.2, 0.25) is 0 Å². The minimum atomic E-state index is -1.19. The van der Waals surface area contributed by atoms with Gasteiger partial charge >= 0.3 is 23.9 Å². The molecule has 2 fully saturated rings. The third-order valence-electron chi connectivity index (χ3n) is 7.16. The summed E-state index contributed by atoms with van der Waals surface area (Å²) in [6, 6.07) is 0. The van der Waals surface area contributed by atoms with Gasteiger partial charge in [-0.25, -0.2) is 0 Å². The number of ether oxygens (including phenoxy) is 3. The highest BCUT2D eigenvalue weighted by Gasteiger charge is 2.65. The summed E-state index contributed by atoms with van der Waals surface area (Å²) in [7, 11) is 0. The maximum Gasteiger partial charge on any atom is 0.320 e. The molecule has 0 aromatic rings. The summed E-state index contributed by atoms with van der Waals surface area (Å²) in [5, 5.41) is 19.4.